The molecule has 15 heavy (non-hydrogen) atoms. The van der Waals surface area contributed by atoms with Gasteiger partial charge in [-0.25, -0.2) is 4.39 Å². The number of amides is 1. The first-order valence-corrected chi connectivity index (χ1v) is 4.49. The van der Waals surface area contributed by atoms with Gasteiger partial charge in [-0.2, -0.15) is 13.2 Å². The molecule has 0 saturated carbocycles. The Bertz CT molecular complexity index is 243. The number of carbonyl (C=O) groups excluding carboxylic acids is 1. The van der Waals surface area contributed by atoms with Gasteiger partial charge in [0.1, 0.15) is 6.17 Å². The Morgan fingerprint density at radius 1 is 1.47 bits per heavy atom. The summed E-state index contributed by atoms with van der Waals surface area (Å²) in [5.41, 5.74) is 0. The fourth-order valence-corrected chi connectivity index (χ4v) is 1.53. The van der Waals surface area contributed by atoms with Gasteiger partial charge in [-0.15, -0.1) is 0 Å². The Labute approximate surface area is 84.4 Å². The Hall–Kier alpha value is -0.850. The van der Waals surface area contributed by atoms with Crippen LogP contribution in [0.1, 0.15) is 0 Å². The number of carbonyl (C=O) groups is 1. The van der Waals surface area contributed by atoms with Crippen LogP contribution in [0, 0.1) is 5.92 Å². The summed E-state index contributed by atoms with van der Waals surface area (Å²) in [6.45, 7) is 0.224. The summed E-state index contributed by atoms with van der Waals surface area (Å²) in [6, 6.07) is 0. The molecule has 0 aromatic heterocycles. The number of hydrogen-bond donors (Lipinski definition) is 1. The van der Waals surface area contributed by atoms with E-state index in [1.807, 2.05) is 0 Å². The maximum atomic E-state index is 13.0. The molecule has 2 atom stereocenters. The maximum Gasteiger partial charge on any atom is 0.471 e. The molecule has 7 heteroatoms. The van der Waals surface area contributed by atoms with Gasteiger partial charge in [-0.3, -0.25) is 4.79 Å². The van der Waals surface area contributed by atoms with Crippen molar-refractivity contribution in [1.29, 1.82) is 0 Å². The monoisotopic (exact) mass is 228 g/mol. The minimum atomic E-state index is -4.88. The zero-order valence-electron chi connectivity index (χ0n) is 8.14. The largest absolute Gasteiger partial charge is 0.471 e. The van der Waals surface area contributed by atoms with Crippen LogP contribution < -0.4 is 5.32 Å². The zero-order valence-corrected chi connectivity index (χ0v) is 8.14. The van der Waals surface area contributed by atoms with E-state index in [2.05, 4.69) is 5.32 Å². The lowest BCUT2D eigenvalue weighted by Crippen LogP contribution is -2.42. The summed E-state index contributed by atoms with van der Waals surface area (Å²) in [5, 5.41) is 2.71. The average molecular weight is 228 g/mol. The number of halogens is 4. The Morgan fingerprint density at radius 2 is 2.07 bits per heavy atom. The molecule has 1 heterocycles. The van der Waals surface area contributed by atoms with Crippen molar-refractivity contribution in [2.24, 2.45) is 5.92 Å². The normalized spacial score (nSPS) is 26.7. The molecule has 1 aliphatic heterocycles. The van der Waals surface area contributed by atoms with E-state index >= 15 is 0 Å². The molecule has 0 bridgehead atoms. The van der Waals surface area contributed by atoms with Crippen LogP contribution in [0.4, 0.5) is 17.6 Å². The molecule has 1 aliphatic rings. The van der Waals surface area contributed by atoms with Crippen LogP contribution in [-0.4, -0.2) is 49.8 Å². The first-order chi connectivity index (χ1) is 6.82. The highest BCUT2D eigenvalue weighted by molar-refractivity contribution is 5.81. The Kier molecular flexibility index (Phi) is 3.54. The molecule has 0 aliphatic carbocycles. The van der Waals surface area contributed by atoms with Crippen molar-refractivity contribution in [3.8, 4) is 0 Å². The third-order valence-electron chi connectivity index (χ3n) is 2.35. The molecule has 1 saturated heterocycles. The van der Waals surface area contributed by atoms with Crippen molar-refractivity contribution in [2.75, 3.05) is 26.7 Å². The SMILES string of the molecule is CN(C[C@H]1CNC[C@H]1F)C(=O)C(F)(F)F. The van der Waals surface area contributed by atoms with Crippen molar-refractivity contribution in [3.63, 3.8) is 0 Å². The van der Waals surface area contributed by atoms with Crippen molar-refractivity contribution >= 4 is 5.91 Å². The minimum absolute atomic E-state index is 0.138. The molecular weight excluding hydrogens is 216 g/mol. The van der Waals surface area contributed by atoms with Crippen LogP contribution in [-0.2, 0) is 4.79 Å². The molecule has 1 fully saturated rings. The molecule has 0 radical (unpaired) electrons. The second-order valence-corrected chi connectivity index (χ2v) is 3.62. The molecule has 1 rings (SSSR count). The van der Waals surface area contributed by atoms with E-state index in [0.717, 1.165) is 7.05 Å². The van der Waals surface area contributed by atoms with E-state index in [0.29, 0.717) is 11.4 Å². The Morgan fingerprint density at radius 3 is 2.47 bits per heavy atom. The van der Waals surface area contributed by atoms with E-state index < -0.39 is 24.2 Å². The predicted octanol–water partition coefficient (Wildman–Crippen LogP) is 0.565. The highest BCUT2D eigenvalue weighted by atomic mass is 19.4. The van der Waals surface area contributed by atoms with Crippen molar-refractivity contribution in [2.45, 2.75) is 12.3 Å². The minimum Gasteiger partial charge on any atom is -0.338 e. The first-order valence-electron chi connectivity index (χ1n) is 4.49. The van der Waals surface area contributed by atoms with Gasteiger partial charge >= 0.3 is 12.1 Å². The second kappa shape index (κ2) is 4.34. The molecule has 3 nitrogen and oxygen atoms in total. The van der Waals surface area contributed by atoms with Crippen LogP contribution in [0.15, 0.2) is 0 Å². The van der Waals surface area contributed by atoms with Crippen LogP contribution in [0.3, 0.4) is 0 Å². The smallest absolute Gasteiger partial charge is 0.338 e. The average Bonchev–Trinajstić information content (AvgIpc) is 2.49. The number of nitrogens with one attached hydrogen (secondary N) is 1. The van der Waals surface area contributed by atoms with E-state index in [-0.39, 0.29) is 13.1 Å². The van der Waals surface area contributed by atoms with Gasteiger partial charge in [-0.1, -0.05) is 0 Å². The van der Waals surface area contributed by atoms with Crippen LogP contribution in [0.2, 0.25) is 0 Å². The number of alkyl halides is 4. The summed E-state index contributed by atoms with van der Waals surface area (Å²) in [6.07, 6.45) is -6.07. The second-order valence-electron chi connectivity index (χ2n) is 3.62. The van der Waals surface area contributed by atoms with Gasteiger partial charge in [0.2, 0.25) is 0 Å². The third-order valence-corrected chi connectivity index (χ3v) is 2.35. The first kappa shape index (κ1) is 12.2. The van der Waals surface area contributed by atoms with Gasteiger partial charge < -0.3 is 10.2 Å². The highest BCUT2D eigenvalue weighted by Gasteiger charge is 2.42. The molecule has 0 aromatic rings. The lowest BCUT2D eigenvalue weighted by atomic mass is 10.1. The van der Waals surface area contributed by atoms with Crippen molar-refractivity contribution < 1.29 is 22.4 Å². The number of rotatable bonds is 2. The summed E-state index contributed by atoms with van der Waals surface area (Å²) in [4.78, 5) is 11.2. The fraction of sp³-hybridized carbons (Fsp3) is 0.875. The molecule has 0 spiro atoms. The molecule has 1 N–H and O–H groups in total. The highest BCUT2D eigenvalue weighted by Crippen LogP contribution is 2.20. The molecule has 1 amide bonds. The summed E-state index contributed by atoms with van der Waals surface area (Å²) >= 11 is 0. The zero-order chi connectivity index (χ0) is 11.6. The fourth-order valence-electron chi connectivity index (χ4n) is 1.53. The van der Waals surface area contributed by atoms with E-state index in [4.69, 9.17) is 0 Å². The van der Waals surface area contributed by atoms with Crippen molar-refractivity contribution in [3.05, 3.63) is 0 Å². The summed E-state index contributed by atoms with van der Waals surface area (Å²) in [7, 11) is 1.03. The lowest BCUT2D eigenvalue weighted by Gasteiger charge is -2.22. The standard InChI is InChI=1S/C8H12F4N2O/c1-14(7(15)8(10,11)12)4-5-2-13-3-6(5)9/h5-6,13H,2-4H2,1H3/t5-,6-/m1/s1. The van der Waals surface area contributed by atoms with Crippen LogP contribution in [0.5, 0.6) is 0 Å². The van der Waals surface area contributed by atoms with Crippen LogP contribution >= 0.6 is 0 Å². The number of hydrogen-bond acceptors (Lipinski definition) is 2. The summed E-state index contributed by atoms with van der Waals surface area (Å²) < 4.78 is 48.9. The lowest BCUT2D eigenvalue weighted by molar-refractivity contribution is -0.184. The third kappa shape index (κ3) is 3.05. The maximum absolute atomic E-state index is 13.0. The topological polar surface area (TPSA) is 32.3 Å². The van der Waals surface area contributed by atoms with Gasteiger partial charge in [0.25, 0.3) is 0 Å². The molecular formula is C8H12F4N2O. The molecule has 0 aromatic carbocycles. The quantitative estimate of drug-likeness (QED) is 0.700. The van der Waals surface area contributed by atoms with E-state index in [1.165, 1.54) is 0 Å². The van der Waals surface area contributed by atoms with E-state index in [9.17, 15) is 22.4 Å². The predicted molar refractivity (Wildman–Crippen MR) is 44.9 cm³/mol. The van der Waals surface area contributed by atoms with Gasteiger partial charge in [-0.05, 0) is 0 Å². The van der Waals surface area contributed by atoms with Crippen molar-refractivity contribution in [1.82, 2.24) is 10.2 Å². The van der Waals surface area contributed by atoms with Gasteiger partial charge in [0, 0.05) is 32.6 Å². The van der Waals surface area contributed by atoms with Gasteiger partial charge in [0.05, 0.1) is 0 Å². The summed E-state index contributed by atoms with van der Waals surface area (Å²) in [5.74, 6) is -2.48. The molecule has 88 valence electrons. The Balaban J connectivity index is 2.48. The van der Waals surface area contributed by atoms with Gasteiger partial charge in [0.15, 0.2) is 0 Å². The van der Waals surface area contributed by atoms with Crippen LogP contribution in [0.25, 0.3) is 0 Å². The molecule has 0 unspecified atom stereocenters. The van der Waals surface area contributed by atoms with E-state index in [1.54, 1.807) is 0 Å². The number of nitrogens with zero attached hydrogens (tertiary/aromatic N) is 1.